The van der Waals surface area contributed by atoms with Gasteiger partial charge in [-0.05, 0) is 25.8 Å². The van der Waals surface area contributed by atoms with Gasteiger partial charge < -0.3 is 15.4 Å². The molecule has 2 N–H and O–H groups in total. The summed E-state index contributed by atoms with van der Waals surface area (Å²) in [6.07, 6.45) is 2.52. The summed E-state index contributed by atoms with van der Waals surface area (Å²) in [5, 5.41) is 0. The zero-order valence-electron chi connectivity index (χ0n) is 10.5. The molecule has 1 atom stereocenters. The molecule has 0 saturated carbocycles. The van der Waals surface area contributed by atoms with Gasteiger partial charge in [0, 0.05) is 32.4 Å². The molecule has 5 heteroatoms. The van der Waals surface area contributed by atoms with Gasteiger partial charge in [-0.1, -0.05) is 0 Å². The highest BCUT2D eigenvalue weighted by Gasteiger charge is 2.21. The number of methoxy groups -OCH3 is 1. The topological polar surface area (TPSA) is 64.3 Å². The maximum Gasteiger partial charge on any atom is 0.225 e. The van der Waals surface area contributed by atoms with Crippen LogP contribution in [0.5, 0.6) is 0 Å². The molecule has 1 fully saturated rings. The predicted octanol–water partition coefficient (Wildman–Crippen LogP) is 0.859. The third-order valence-electron chi connectivity index (χ3n) is 3.10. The van der Waals surface area contributed by atoms with Gasteiger partial charge in [0.15, 0.2) is 0 Å². The Kier molecular flexibility index (Phi) is 3.91. The van der Waals surface area contributed by atoms with Crippen molar-refractivity contribution in [1.82, 2.24) is 9.97 Å². The van der Waals surface area contributed by atoms with E-state index in [4.69, 9.17) is 10.5 Å². The summed E-state index contributed by atoms with van der Waals surface area (Å²) in [5.41, 5.74) is 7.50. The minimum atomic E-state index is 0.286. The molecule has 2 heterocycles. The number of ether oxygens (including phenoxy) is 1. The number of rotatable bonds is 3. The van der Waals surface area contributed by atoms with Gasteiger partial charge in [0.25, 0.3) is 0 Å². The maximum absolute atomic E-state index is 5.64. The fourth-order valence-electron chi connectivity index (χ4n) is 2.18. The Bertz CT molecular complexity index is 383. The van der Waals surface area contributed by atoms with Crippen LogP contribution in [0, 0.1) is 6.92 Å². The Morgan fingerprint density at radius 3 is 3.06 bits per heavy atom. The highest BCUT2D eigenvalue weighted by Crippen LogP contribution is 2.18. The lowest BCUT2D eigenvalue weighted by atomic mass is 10.1. The molecular weight excluding hydrogens is 216 g/mol. The first-order chi connectivity index (χ1) is 8.22. The molecule has 17 heavy (non-hydrogen) atoms. The maximum atomic E-state index is 5.64. The molecule has 1 aliphatic heterocycles. The number of piperidine rings is 1. The number of aryl methyl sites for hydroxylation is 1. The largest absolute Gasteiger partial charge is 0.380 e. The number of nitrogens with two attached hydrogens (primary N) is 1. The second kappa shape index (κ2) is 5.42. The standard InChI is InChI=1S/C12H20N4O/c1-9-6-10(7-13)15-12(14-9)16-5-3-4-11(8-16)17-2/h6,11H,3-5,7-8,13H2,1-2H3. The van der Waals surface area contributed by atoms with E-state index in [-0.39, 0.29) is 6.10 Å². The number of aromatic nitrogens is 2. The van der Waals surface area contributed by atoms with Gasteiger partial charge in [-0.15, -0.1) is 0 Å². The van der Waals surface area contributed by atoms with Gasteiger partial charge in [0.1, 0.15) is 0 Å². The van der Waals surface area contributed by atoms with Crippen molar-refractivity contribution in [3.8, 4) is 0 Å². The monoisotopic (exact) mass is 236 g/mol. The Hall–Kier alpha value is -1.20. The first kappa shape index (κ1) is 12.3. The average molecular weight is 236 g/mol. The van der Waals surface area contributed by atoms with Crippen LogP contribution in [0.1, 0.15) is 24.2 Å². The summed E-state index contributed by atoms with van der Waals surface area (Å²) in [4.78, 5) is 11.1. The molecule has 1 aromatic heterocycles. The lowest BCUT2D eigenvalue weighted by Crippen LogP contribution is -2.40. The molecule has 0 radical (unpaired) electrons. The molecule has 5 nitrogen and oxygen atoms in total. The molecule has 0 amide bonds. The van der Waals surface area contributed by atoms with Gasteiger partial charge in [-0.25, -0.2) is 9.97 Å². The molecule has 1 saturated heterocycles. The lowest BCUT2D eigenvalue weighted by molar-refractivity contribution is 0.0889. The molecule has 2 rings (SSSR count). The van der Waals surface area contributed by atoms with E-state index in [1.165, 1.54) is 0 Å². The highest BCUT2D eigenvalue weighted by molar-refractivity contribution is 5.33. The quantitative estimate of drug-likeness (QED) is 0.843. The van der Waals surface area contributed by atoms with Crippen molar-refractivity contribution >= 4 is 5.95 Å². The van der Waals surface area contributed by atoms with E-state index < -0.39 is 0 Å². The van der Waals surface area contributed by atoms with Gasteiger partial charge >= 0.3 is 0 Å². The van der Waals surface area contributed by atoms with Crippen molar-refractivity contribution in [1.29, 1.82) is 0 Å². The molecule has 0 aromatic carbocycles. The Morgan fingerprint density at radius 2 is 2.35 bits per heavy atom. The van der Waals surface area contributed by atoms with Crippen molar-refractivity contribution in [2.45, 2.75) is 32.4 Å². The van der Waals surface area contributed by atoms with Gasteiger partial charge in [0.05, 0.1) is 11.8 Å². The van der Waals surface area contributed by atoms with Gasteiger partial charge in [-0.3, -0.25) is 0 Å². The normalized spacial score (nSPS) is 20.6. The minimum absolute atomic E-state index is 0.286. The second-order valence-electron chi connectivity index (χ2n) is 4.45. The summed E-state index contributed by atoms with van der Waals surface area (Å²) in [5.74, 6) is 0.784. The molecule has 1 aromatic rings. The third-order valence-corrected chi connectivity index (χ3v) is 3.10. The molecule has 94 valence electrons. The SMILES string of the molecule is COC1CCCN(c2nc(C)cc(CN)n2)C1. The first-order valence-electron chi connectivity index (χ1n) is 6.05. The second-order valence-corrected chi connectivity index (χ2v) is 4.45. The van der Waals surface area contributed by atoms with Crippen LogP contribution in [0.4, 0.5) is 5.95 Å². The molecule has 1 aliphatic rings. The smallest absolute Gasteiger partial charge is 0.225 e. The average Bonchev–Trinajstić information content (AvgIpc) is 2.38. The molecule has 0 spiro atoms. The highest BCUT2D eigenvalue weighted by atomic mass is 16.5. The summed E-state index contributed by atoms with van der Waals surface area (Å²) in [7, 11) is 1.76. The third kappa shape index (κ3) is 2.92. The van der Waals surface area contributed by atoms with Crippen molar-refractivity contribution in [3.05, 3.63) is 17.5 Å². The molecule has 0 bridgehead atoms. The van der Waals surface area contributed by atoms with E-state index in [0.29, 0.717) is 6.54 Å². The Labute approximate surface area is 102 Å². The Morgan fingerprint density at radius 1 is 1.53 bits per heavy atom. The minimum Gasteiger partial charge on any atom is -0.380 e. The van der Waals surface area contributed by atoms with Crippen LogP contribution in [0.3, 0.4) is 0 Å². The van der Waals surface area contributed by atoms with Crippen LogP contribution in [0.15, 0.2) is 6.07 Å². The van der Waals surface area contributed by atoms with Crippen LogP contribution < -0.4 is 10.6 Å². The summed E-state index contributed by atoms with van der Waals surface area (Å²) in [6, 6.07) is 1.93. The van der Waals surface area contributed by atoms with Gasteiger partial charge in [-0.2, -0.15) is 0 Å². The fraction of sp³-hybridized carbons (Fsp3) is 0.667. The van der Waals surface area contributed by atoms with E-state index in [9.17, 15) is 0 Å². The fourth-order valence-corrected chi connectivity index (χ4v) is 2.18. The van der Waals surface area contributed by atoms with Crippen LogP contribution in [0.2, 0.25) is 0 Å². The van der Waals surface area contributed by atoms with E-state index in [0.717, 1.165) is 43.3 Å². The summed E-state index contributed by atoms with van der Waals surface area (Å²) in [6.45, 7) is 4.29. The van der Waals surface area contributed by atoms with Crippen LogP contribution >= 0.6 is 0 Å². The first-order valence-corrected chi connectivity index (χ1v) is 6.05. The number of hydrogen-bond acceptors (Lipinski definition) is 5. The van der Waals surface area contributed by atoms with E-state index in [1.807, 2.05) is 13.0 Å². The van der Waals surface area contributed by atoms with Crippen molar-refractivity contribution in [2.24, 2.45) is 5.73 Å². The predicted molar refractivity (Wildman–Crippen MR) is 66.9 cm³/mol. The Balaban J connectivity index is 2.18. The molecule has 1 unspecified atom stereocenters. The number of hydrogen-bond donors (Lipinski definition) is 1. The van der Waals surface area contributed by atoms with Crippen LogP contribution in [-0.2, 0) is 11.3 Å². The number of anilines is 1. The van der Waals surface area contributed by atoms with Crippen LogP contribution in [-0.4, -0.2) is 36.3 Å². The van der Waals surface area contributed by atoms with E-state index >= 15 is 0 Å². The zero-order valence-corrected chi connectivity index (χ0v) is 10.5. The van der Waals surface area contributed by atoms with E-state index in [1.54, 1.807) is 7.11 Å². The van der Waals surface area contributed by atoms with Gasteiger partial charge in [0.2, 0.25) is 5.95 Å². The van der Waals surface area contributed by atoms with Crippen molar-refractivity contribution in [3.63, 3.8) is 0 Å². The lowest BCUT2D eigenvalue weighted by Gasteiger charge is -2.32. The summed E-state index contributed by atoms with van der Waals surface area (Å²) < 4.78 is 5.41. The van der Waals surface area contributed by atoms with E-state index in [2.05, 4.69) is 14.9 Å². The summed E-state index contributed by atoms with van der Waals surface area (Å²) >= 11 is 0. The van der Waals surface area contributed by atoms with Crippen LogP contribution in [0.25, 0.3) is 0 Å². The van der Waals surface area contributed by atoms with Crippen molar-refractivity contribution < 1.29 is 4.74 Å². The molecular formula is C12H20N4O. The van der Waals surface area contributed by atoms with Crippen molar-refractivity contribution in [2.75, 3.05) is 25.1 Å². The number of nitrogens with zero attached hydrogens (tertiary/aromatic N) is 3. The molecule has 0 aliphatic carbocycles. The zero-order chi connectivity index (χ0) is 12.3.